The Morgan fingerprint density at radius 2 is 1.77 bits per heavy atom. The molecule has 1 aliphatic carbocycles. The molecule has 1 aliphatic heterocycles. The van der Waals surface area contributed by atoms with E-state index < -0.39 is 13.7 Å². The van der Waals surface area contributed by atoms with Gasteiger partial charge in [-0.3, -0.25) is 9.78 Å². The number of carbonyl (C=O) groups excluding carboxylic acids is 2. The first-order valence-electron chi connectivity index (χ1n) is 16.9. The van der Waals surface area contributed by atoms with E-state index in [-0.39, 0.29) is 18.0 Å². The molecule has 1 saturated carbocycles. The second-order valence-corrected chi connectivity index (χ2v) is 20.7. The Bertz CT molecular complexity index is 1580. The number of amides is 2. The summed E-state index contributed by atoms with van der Waals surface area (Å²) in [5, 5.41) is 3.25. The number of aromatic nitrogens is 2. The molecule has 1 N–H and O–H groups in total. The van der Waals surface area contributed by atoms with Gasteiger partial charge in [-0.05, 0) is 83.5 Å². The minimum absolute atomic E-state index is 0.0702. The van der Waals surface area contributed by atoms with Crippen LogP contribution in [0.1, 0.15) is 62.5 Å². The molecule has 0 bridgehead atoms. The highest BCUT2D eigenvalue weighted by Gasteiger charge is 2.30. The van der Waals surface area contributed by atoms with Gasteiger partial charge in [0.05, 0.1) is 24.8 Å². The molecule has 0 radical (unpaired) electrons. The lowest BCUT2D eigenvalue weighted by molar-refractivity contribution is 0.0199. The lowest BCUT2D eigenvalue weighted by atomic mass is 10.0. The lowest BCUT2D eigenvalue weighted by Gasteiger charge is -2.33. The van der Waals surface area contributed by atoms with E-state index in [1.807, 2.05) is 52.0 Å². The van der Waals surface area contributed by atoms with Crippen molar-refractivity contribution >= 4 is 31.1 Å². The van der Waals surface area contributed by atoms with Gasteiger partial charge in [0.1, 0.15) is 29.3 Å². The summed E-state index contributed by atoms with van der Waals surface area (Å²) in [5.74, 6) is 1.89. The third-order valence-corrected chi connectivity index (χ3v) is 10.5. The summed E-state index contributed by atoms with van der Waals surface area (Å²) in [4.78, 5) is 33.1. The summed E-state index contributed by atoms with van der Waals surface area (Å²) in [6, 6.07) is 8.86. The lowest BCUT2D eigenvalue weighted by Crippen LogP contribution is -2.47. The van der Waals surface area contributed by atoms with Crippen molar-refractivity contribution in [1.82, 2.24) is 19.8 Å². The predicted octanol–water partition coefficient (Wildman–Crippen LogP) is 7.25. The Morgan fingerprint density at radius 1 is 1.04 bits per heavy atom. The van der Waals surface area contributed by atoms with Gasteiger partial charge in [-0.1, -0.05) is 19.6 Å². The molecule has 2 fully saturated rings. The van der Waals surface area contributed by atoms with Crippen molar-refractivity contribution in [2.75, 3.05) is 33.4 Å². The van der Waals surface area contributed by atoms with Gasteiger partial charge in [-0.15, -0.1) is 0 Å². The Balaban J connectivity index is 1.46. The third-order valence-electron chi connectivity index (χ3n) is 8.77. The smallest absolute Gasteiger partial charge is 0.410 e. The number of hydrogen-bond acceptors (Lipinski definition) is 7. The zero-order valence-corrected chi connectivity index (χ0v) is 30.4. The number of piperidine rings is 1. The van der Waals surface area contributed by atoms with Crippen molar-refractivity contribution in [3.05, 3.63) is 41.7 Å². The first-order valence-corrected chi connectivity index (χ1v) is 20.6. The van der Waals surface area contributed by atoms with Crippen molar-refractivity contribution < 1.29 is 28.5 Å². The van der Waals surface area contributed by atoms with Crippen LogP contribution in [0.25, 0.3) is 22.2 Å². The number of nitrogens with one attached hydrogen (secondary N) is 1. The molecule has 47 heavy (non-hydrogen) atoms. The van der Waals surface area contributed by atoms with E-state index in [2.05, 4.69) is 29.5 Å². The van der Waals surface area contributed by atoms with Crippen molar-refractivity contribution in [2.45, 2.75) is 97.4 Å². The monoisotopic (exact) mass is 664 g/mol. The second-order valence-electron chi connectivity index (χ2n) is 15.1. The Labute approximate surface area is 280 Å². The van der Waals surface area contributed by atoms with Gasteiger partial charge < -0.3 is 33.7 Å². The average molecular weight is 665 g/mol. The summed E-state index contributed by atoms with van der Waals surface area (Å²) in [6.07, 6.45) is 5.12. The minimum Gasteiger partial charge on any atom is -0.497 e. The van der Waals surface area contributed by atoms with Crippen LogP contribution in [0.3, 0.4) is 0 Å². The largest absolute Gasteiger partial charge is 0.497 e. The number of carbonyl (C=O) groups is 2. The molecule has 1 aromatic carbocycles. The topological polar surface area (TPSA) is 104 Å². The number of fused-ring (bicyclic) bond motifs is 1. The molecular weight excluding hydrogens is 613 g/mol. The summed E-state index contributed by atoms with van der Waals surface area (Å²) in [6.45, 7) is 17.2. The fourth-order valence-electron chi connectivity index (χ4n) is 5.82. The van der Waals surface area contributed by atoms with Crippen LogP contribution in [-0.2, 0) is 16.2 Å². The van der Waals surface area contributed by atoms with Crippen LogP contribution in [0.15, 0.2) is 30.5 Å². The number of pyridine rings is 1. The number of methoxy groups -OCH3 is 1. The van der Waals surface area contributed by atoms with Gasteiger partial charge in [0.15, 0.2) is 0 Å². The molecule has 3 aromatic rings. The molecule has 256 valence electrons. The van der Waals surface area contributed by atoms with Crippen LogP contribution in [0.2, 0.25) is 25.7 Å². The molecule has 11 heteroatoms. The molecule has 5 rings (SSSR count). The van der Waals surface area contributed by atoms with E-state index in [0.29, 0.717) is 62.9 Å². The fraction of sp³-hybridized carbons (Fsp3) is 0.583. The third kappa shape index (κ3) is 8.87. The first-order chi connectivity index (χ1) is 22.2. The minimum atomic E-state index is -1.29. The molecule has 10 nitrogen and oxygen atoms in total. The van der Waals surface area contributed by atoms with Gasteiger partial charge >= 0.3 is 6.09 Å². The summed E-state index contributed by atoms with van der Waals surface area (Å²) in [5.41, 5.74) is 4.09. The number of hydrogen-bond donors (Lipinski definition) is 1. The number of nitrogens with zero attached hydrogens (tertiary/aromatic N) is 3. The van der Waals surface area contributed by atoms with Gasteiger partial charge in [0.2, 0.25) is 0 Å². The van der Waals surface area contributed by atoms with Crippen LogP contribution in [0, 0.1) is 12.8 Å². The number of benzene rings is 1. The van der Waals surface area contributed by atoms with Crippen molar-refractivity contribution in [1.29, 1.82) is 0 Å². The number of likely N-dealkylation sites (tertiary alicyclic amines) is 1. The maximum Gasteiger partial charge on any atom is 0.410 e. The van der Waals surface area contributed by atoms with Crippen LogP contribution in [-0.4, -0.2) is 79.6 Å². The molecular formula is C36H52N4O6Si. The molecule has 2 amide bonds. The van der Waals surface area contributed by atoms with E-state index in [0.717, 1.165) is 39.9 Å². The van der Waals surface area contributed by atoms with Crippen molar-refractivity contribution in [3.63, 3.8) is 0 Å². The van der Waals surface area contributed by atoms with Crippen molar-refractivity contribution in [3.8, 4) is 22.6 Å². The molecule has 2 aliphatic rings. The van der Waals surface area contributed by atoms with E-state index >= 15 is 0 Å². The zero-order valence-electron chi connectivity index (χ0n) is 29.4. The molecule has 0 spiro atoms. The highest BCUT2D eigenvalue weighted by atomic mass is 28.3. The highest BCUT2D eigenvalue weighted by Crippen LogP contribution is 2.40. The van der Waals surface area contributed by atoms with Gasteiger partial charge in [-0.2, -0.15) is 0 Å². The Morgan fingerprint density at radius 3 is 2.40 bits per heavy atom. The number of ether oxygens (including phenoxy) is 4. The van der Waals surface area contributed by atoms with Gasteiger partial charge in [-0.25, -0.2) is 4.79 Å². The molecule has 3 heterocycles. The van der Waals surface area contributed by atoms with E-state index in [9.17, 15) is 9.59 Å². The summed E-state index contributed by atoms with van der Waals surface area (Å²) in [7, 11) is 0.366. The molecule has 0 unspecified atom stereocenters. The van der Waals surface area contributed by atoms with Crippen LogP contribution < -0.4 is 14.8 Å². The Hall–Kier alpha value is -3.57. The SMILES string of the molecule is COc1ccc(-c2ccnc3c(C(=O)NC4CCN(C(=O)OC(C)(C)C)CC4)c(C)n(COCC[Si](C)(C)C)c23)c(OCC2CC2)c1. The zero-order chi connectivity index (χ0) is 33.9. The van der Waals surface area contributed by atoms with E-state index in [4.69, 9.17) is 23.9 Å². The normalized spacial score (nSPS) is 16.0. The standard InChI is InChI=1S/C36H52N4O6Si/c1-24-31(34(41)38-26-14-17-39(18-15-26)35(42)46-36(2,3)4)32-33(40(24)23-44-19-20-47(6,7)8)29(13-16-37-32)28-12-11-27(43-5)21-30(28)45-22-25-9-10-25/h11-13,16,21,25-26H,9-10,14-15,17-20,22-23H2,1-8H3,(H,38,41). The van der Waals surface area contributed by atoms with Crippen LogP contribution in [0.5, 0.6) is 11.5 Å². The summed E-state index contributed by atoms with van der Waals surface area (Å²) < 4.78 is 25.8. The molecule has 0 atom stereocenters. The van der Waals surface area contributed by atoms with E-state index in [1.165, 1.54) is 12.8 Å². The van der Waals surface area contributed by atoms with Crippen LogP contribution >= 0.6 is 0 Å². The molecule has 2 aromatic heterocycles. The average Bonchev–Trinajstić information content (AvgIpc) is 3.79. The van der Waals surface area contributed by atoms with Gasteiger partial charge in [0, 0.05) is 62.9 Å². The maximum absolute atomic E-state index is 14.1. The predicted molar refractivity (Wildman–Crippen MR) is 187 cm³/mol. The van der Waals surface area contributed by atoms with E-state index in [1.54, 1.807) is 18.2 Å². The maximum atomic E-state index is 14.1. The quantitative estimate of drug-likeness (QED) is 0.161. The number of rotatable bonds is 12. The Kier molecular flexibility index (Phi) is 10.6. The van der Waals surface area contributed by atoms with Crippen LogP contribution in [0.4, 0.5) is 4.79 Å². The summed E-state index contributed by atoms with van der Waals surface area (Å²) >= 11 is 0. The van der Waals surface area contributed by atoms with Crippen molar-refractivity contribution in [2.24, 2.45) is 5.92 Å². The highest BCUT2D eigenvalue weighted by molar-refractivity contribution is 6.76. The van der Waals surface area contributed by atoms with Gasteiger partial charge in [0.25, 0.3) is 5.91 Å². The first kappa shape index (κ1) is 34.8. The fourth-order valence-corrected chi connectivity index (χ4v) is 6.58. The second kappa shape index (κ2) is 14.3. The molecule has 1 saturated heterocycles.